The van der Waals surface area contributed by atoms with Crippen molar-refractivity contribution in [2.24, 2.45) is 0 Å². The van der Waals surface area contributed by atoms with E-state index in [1.54, 1.807) is 12.1 Å². The standard InChI is InChI=1S/C13H13N3O2/c17-16(18)11-5-3-10(4-6-11)12-2-1-7-15-9-14-8-13(12)15/h3-6,8-9,12H,1-2,7H2. The van der Waals surface area contributed by atoms with Crippen molar-refractivity contribution in [3.8, 4) is 0 Å². The van der Waals surface area contributed by atoms with Gasteiger partial charge in [0.1, 0.15) is 0 Å². The minimum Gasteiger partial charge on any atom is -0.334 e. The van der Waals surface area contributed by atoms with Crippen molar-refractivity contribution in [2.75, 3.05) is 0 Å². The van der Waals surface area contributed by atoms with E-state index in [-0.39, 0.29) is 10.6 Å². The van der Waals surface area contributed by atoms with Gasteiger partial charge in [-0.1, -0.05) is 12.1 Å². The van der Waals surface area contributed by atoms with Gasteiger partial charge in [0.15, 0.2) is 0 Å². The molecule has 1 aliphatic rings. The Morgan fingerprint density at radius 1 is 1.33 bits per heavy atom. The van der Waals surface area contributed by atoms with E-state index in [2.05, 4.69) is 9.55 Å². The number of rotatable bonds is 2. The number of hydrogen-bond donors (Lipinski definition) is 0. The molecule has 2 aromatic rings. The van der Waals surface area contributed by atoms with Crippen LogP contribution in [0.25, 0.3) is 0 Å². The summed E-state index contributed by atoms with van der Waals surface area (Å²) in [5, 5.41) is 10.6. The highest BCUT2D eigenvalue weighted by Crippen LogP contribution is 2.33. The first-order valence-electron chi connectivity index (χ1n) is 6.00. The lowest BCUT2D eigenvalue weighted by atomic mass is 9.89. The number of nitro benzene ring substituents is 1. The summed E-state index contributed by atoms with van der Waals surface area (Å²) in [4.78, 5) is 14.5. The monoisotopic (exact) mass is 243 g/mol. The molecule has 0 fully saturated rings. The van der Waals surface area contributed by atoms with Crippen molar-refractivity contribution in [1.29, 1.82) is 0 Å². The van der Waals surface area contributed by atoms with Crippen molar-refractivity contribution in [1.82, 2.24) is 9.55 Å². The second-order valence-electron chi connectivity index (χ2n) is 4.56. The number of imidazole rings is 1. The zero-order valence-electron chi connectivity index (χ0n) is 9.82. The molecule has 0 aliphatic carbocycles. The van der Waals surface area contributed by atoms with Gasteiger partial charge >= 0.3 is 0 Å². The number of aromatic nitrogens is 2. The fourth-order valence-electron chi connectivity index (χ4n) is 2.59. The summed E-state index contributed by atoms with van der Waals surface area (Å²) in [6, 6.07) is 6.85. The largest absolute Gasteiger partial charge is 0.334 e. The van der Waals surface area contributed by atoms with Crippen LogP contribution in [0.2, 0.25) is 0 Å². The normalized spacial score (nSPS) is 18.3. The zero-order valence-corrected chi connectivity index (χ0v) is 9.82. The van der Waals surface area contributed by atoms with Crippen molar-refractivity contribution in [2.45, 2.75) is 25.3 Å². The highest BCUT2D eigenvalue weighted by atomic mass is 16.6. The Morgan fingerprint density at radius 2 is 2.11 bits per heavy atom. The fourth-order valence-corrected chi connectivity index (χ4v) is 2.59. The zero-order chi connectivity index (χ0) is 12.5. The van der Waals surface area contributed by atoms with Crippen LogP contribution >= 0.6 is 0 Å². The van der Waals surface area contributed by atoms with Gasteiger partial charge in [0.2, 0.25) is 0 Å². The Morgan fingerprint density at radius 3 is 2.83 bits per heavy atom. The lowest BCUT2D eigenvalue weighted by Gasteiger charge is -2.24. The second-order valence-corrected chi connectivity index (χ2v) is 4.56. The summed E-state index contributed by atoms with van der Waals surface area (Å²) in [6.45, 7) is 1.01. The van der Waals surface area contributed by atoms with Crippen LogP contribution in [0.5, 0.6) is 0 Å². The molecule has 1 aromatic heterocycles. The molecule has 3 rings (SSSR count). The molecule has 0 N–H and O–H groups in total. The lowest BCUT2D eigenvalue weighted by Crippen LogP contribution is -2.15. The SMILES string of the molecule is O=[N+]([O-])c1ccc(C2CCCn3cncc32)cc1. The van der Waals surface area contributed by atoms with Gasteiger partial charge in [-0.25, -0.2) is 4.98 Å². The van der Waals surface area contributed by atoms with E-state index in [0.717, 1.165) is 24.9 Å². The average Bonchev–Trinajstić information content (AvgIpc) is 2.87. The van der Waals surface area contributed by atoms with Gasteiger partial charge in [-0.3, -0.25) is 10.1 Å². The molecule has 5 nitrogen and oxygen atoms in total. The first-order valence-corrected chi connectivity index (χ1v) is 6.00. The van der Waals surface area contributed by atoms with Gasteiger partial charge < -0.3 is 4.57 Å². The maximum Gasteiger partial charge on any atom is 0.269 e. The molecule has 0 spiro atoms. The number of hydrogen-bond acceptors (Lipinski definition) is 3. The number of fused-ring (bicyclic) bond motifs is 1. The lowest BCUT2D eigenvalue weighted by molar-refractivity contribution is -0.384. The van der Waals surface area contributed by atoms with E-state index in [0.29, 0.717) is 5.92 Å². The van der Waals surface area contributed by atoms with Gasteiger partial charge in [0.25, 0.3) is 5.69 Å². The molecule has 0 radical (unpaired) electrons. The minimum atomic E-state index is -0.366. The Labute approximate surface area is 104 Å². The second kappa shape index (κ2) is 4.25. The Balaban J connectivity index is 1.95. The van der Waals surface area contributed by atoms with Crippen molar-refractivity contribution in [3.05, 3.63) is 58.2 Å². The van der Waals surface area contributed by atoms with Crippen LogP contribution in [-0.2, 0) is 6.54 Å². The number of nitro groups is 1. The van der Waals surface area contributed by atoms with Gasteiger partial charge in [0.05, 0.1) is 11.3 Å². The van der Waals surface area contributed by atoms with E-state index < -0.39 is 0 Å². The summed E-state index contributed by atoms with van der Waals surface area (Å²) in [5.74, 6) is 0.307. The van der Waals surface area contributed by atoms with Gasteiger partial charge in [-0.05, 0) is 18.4 Å². The van der Waals surface area contributed by atoms with E-state index in [9.17, 15) is 10.1 Å². The molecule has 0 amide bonds. The van der Waals surface area contributed by atoms with Crippen LogP contribution in [0.4, 0.5) is 5.69 Å². The molecule has 5 heteroatoms. The number of aryl methyl sites for hydroxylation is 1. The molecule has 1 unspecified atom stereocenters. The van der Waals surface area contributed by atoms with E-state index >= 15 is 0 Å². The predicted molar refractivity (Wildman–Crippen MR) is 66.4 cm³/mol. The summed E-state index contributed by atoms with van der Waals surface area (Å²) in [6.07, 6.45) is 5.94. The maximum absolute atomic E-state index is 10.6. The third-order valence-corrected chi connectivity index (χ3v) is 3.50. The first-order chi connectivity index (χ1) is 8.75. The molecular formula is C13H13N3O2. The van der Waals surface area contributed by atoms with E-state index in [1.165, 1.54) is 5.69 Å². The minimum absolute atomic E-state index is 0.142. The average molecular weight is 243 g/mol. The van der Waals surface area contributed by atoms with Crippen molar-refractivity contribution >= 4 is 5.69 Å². The molecule has 1 atom stereocenters. The molecule has 18 heavy (non-hydrogen) atoms. The maximum atomic E-state index is 10.6. The number of benzene rings is 1. The van der Waals surface area contributed by atoms with E-state index in [1.807, 2.05) is 24.7 Å². The third-order valence-electron chi connectivity index (χ3n) is 3.50. The third kappa shape index (κ3) is 1.77. The Kier molecular flexibility index (Phi) is 2.59. The highest BCUT2D eigenvalue weighted by Gasteiger charge is 2.22. The highest BCUT2D eigenvalue weighted by molar-refractivity contribution is 5.37. The van der Waals surface area contributed by atoms with Gasteiger partial charge in [0, 0.05) is 36.5 Å². The van der Waals surface area contributed by atoms with Crippen LogP contribution < -0.4 is 0 Å². The molecule has 0 bridgehead atoms. The summed E-state index contributed by atoms with van der Waals surface area (Å²) >= 11 is 0. The molecule has 0 saturated heterocycles. The van der Waals surface area contributed by atoms with Crippen LogP contribution in [0.3, 0.4) is 0 Å². The molecular weight excluding hydrogens is 230 g/mol. The predicted octanol–water partition coefficient (Wildman–Crippen LogP) is 2.72. The summed E-state index contributed by atoms with van der Waals surface area (Å²) in [7, 11) is 0. The summed E-state index contributed by atoms with van der Waals surface area (Å²) in [5.41, 5.74) is 2.47. The van der Waals surface area contributed by atoms with Crippen LogP contribution in [0, 0.1) is 10.1 Å². The van der Waals surface area contributed by atoms with Gasteiger partial charge in [-0.15, -0.1) is 0 Å². The molecule has 1 aliphatic heterocycles. The van der Waals surface area contributed by atoms with Crippen molar-refractivity contribution in [3.63, 3.8) is 0 Å². The number of nitrogens with zero attached hydrogens (tertiary/aromatic N) is 3. The fraction of sp³-hybridized carbons (Fsp3) is 0.308. The molecule has 0 saturated carbocycles. The molecule has 92 valence electrons. The Bertz CT molecular complexity index is 574. The summed E-state index contributed by atoms with van der Waals surface area (Å²) < 4.78 is 2.16. The van der Waals surface area contributed by atoms with Gasteiger partial charge in [-0.2, -0.15) is 0 Å². The van der Waals surface area contributed by atoms with E-state index in [4.69, 9.17) is 0 Å². The smallest absolute Gasteiger partial charge is 0.269 e. The van der Waals surface area contributed by atoms with Crippen LogP contribution in [-0.4, -0.2) is 14.5 Å². The molecule has 2 heterocycles. The quantitative estimate of drug-likeness (QED) is 0.601. The number of non-ortho nitro benzene ring substituents is 1. The topological polar surface area (TPSA) is 61.0 Å². The van der Waals surface area contributed by atoms with Crippen LogP contribution in [0.15, 0.2) is 36.8 Å². The van der Waals surface area contributed by atoms with Crippen LogP contribution in [0.1, 0.15) is 30.0 Å². The van der Waals surface area contributed by atoms with Crippen molar-refractivity contribution < 1.29 is 4.92 Å². The first kappa shape index (κ1) is 11.0. The molecule has 1 aromatic carbocycles. The Hall–Kier alpha value is -2.17.